The molecule has 114 valence electrons. The molecule has 0 saturated carbocycles. The van der Waals surface area contributed by atoms with Gasteiger partial charge < -0.3 is 9.64 Å². The zero-order valence-electron chi connectivity index (χ0n) is 12.0. The zero-order chi connectivity index (χ0) is 15.2. The number of rotatable bonds is 5. The van der Waals surface area contributed by atoms with E-state index in [2.05, 4.69) is 9.80 Å². The predicted octanol–water partition coefficient (Wildman–Crippen LogP) is 1.28. The summed E-state index contributed by atoms with van der Waals surface area (Å²) in [5, 5.41) is 10.8. The molecular weight excluding hydrogens is 274 g/mol. The van der Waals surface area contributed by atoms with Gasteiger partial charge in [-0.1, -0.05) is 6.07 Å². The SMILES string of the molecule is CC(=O)OCCN1CCN(c2cccc([N+](=O)[O-])c2)CC1. The van der Waals surface area contributed by atoms with E-state index < -0.39 is 0 Å². The lowest BCUT2D eigenvalue weighted by Gasteiger charge is -2.35. The Morgan fingerprint density at radius 1 is 1.33 bits per heavy atom. The summed E-state index contributed by atoms with van der Waals surface area (Å²) in [6, 6.07) is 6.70. The van der Waals surface area contributed by atoms with E-state index in [0.29, 0.717) is 6.61 Å². The summed E-state index contributed by atoms with van der Waals surface area (Å²) in [5.74, 6) is -0.259. The van der Waals surface area contributed by atoms with Crippen LogP contribution in [0.25, 0.3) is 0 Å². The third kappa shape index (κ3) is 4.42. The van der Waals surface area contributed by atoms with Gasteiger partial charge in [-0.2, -0.15) is 0 Å². The quantitative estimate of drug-likeness (QED) is 0.462. The van der Waals surface area contributed by atoms with Crippen molar-refractivity contribution in [3.05, 3.63) is 34.4 Å². The molecule has 0 bridgehead atoms. The number of carbonyl (C=O) groups is 1. The summed E-state index contributed by atoms with van der Waals surface area (Å²) in [5.41, 5.74) is 0.994. The molecule has 1 aromatic carbocycles. The minimum atomic E-state index is -0.376. The lowest BCUT2D eigenvalue weighted by atomic mass is 10.2. The van der Waals surface area contributed by atoms with Crippen LogP contribution in [0.4, 0.5) is 11.4 Å². The molecule has 1 heterocycles. The average molecular weight is 293 g/mol. The number of carbonyl (C=O) groups excluding carboxylic acids is 1. The second-order valence-corrected chi connectivity index (χ2v) is 4.95. The van der Waals surface area contributed by atoms with Crippen LogP contribution in [-0.4, -0.2) is 55.1 Å². The molecule has 1 fully saturated rings. The van der Waals surface area contributed by atoms with E-state index in [1.54, 1.807) is 12.1 Å². The Hall–Kier alpha value is -2.15. The van der Waals surface area contributed by atoms with Gasteiger partial charge in [0, 0.05) is 57.5 Å². The normalized spacial score (nSPS) is 15.8. The number of esters is 1. The standard InChI is InChI=1S/C14H19N3O4/c1-12(18)21-10-9-15-5-7-16(8-6-15)13-3-2-4-14(11-13)17(19)20/h2-4,11H,5-10H2,1H3. The maximum absolute atomic E-state index is 10.8. The van der Waals surface area contributed by atoms with Crippen LogP contribution in [0.5, 0.6) is 0 Å². The van der Waals surface area contributed by atoms with E-state index in [0.717, 1.165) is 38.4 Å². The van der Waals surface area contributed by atoms with Crippen molar-refractivity contribution in [2.75, 3.05) is 44.2 Å². The summed E-state index contributed by atoms with van der Waals surface area (Å²) < 4.78 is 4.93. The molecule has 1 aromatic rings. The highest BCUT2D eigenvalue weighted by molar-refractivity contribution is 5.65. The Labute approximate surface area is 123 Å². The predicted molar refractivity (Wildman–Crippen MR) is 78.4 cm³/mol. The minimum absolute atomic E-state index is 0.116. The molecule has 7 nitrogen and oxygen atoms in total. The van der Waals surface area contributed by atoms with Crippen LogP contribution in [0.15, 0.2) is 24.3 Å². The maximum Gasteiger partial charge on any atom is 0.302 e. The summed E-state index contributed by atoms with van der Waals surface area (Å²) in [6.07, 6.45) is 0. The van der Waals surface area contributed by atoms with Crippen LogP contribution >= 0.6 is 0 Å². The number of hydrogen-bond acceptors (Lipinski definition) is 6. The number of piperazine rings is 1. The molecule has 0 unspecified atom stereocenters. The highest BCUT2D eigenvalue weighted by Gasteiger charge is 2.18. The van der Waals surface area contributed by atoms with Gasteiger partial charge in [0.15, 0.2) is 0 Å². The van der Waals surface area contributed by atoms with Crippen molar-refractivity contribution in [1.82, 2.24) is 4.90 Å². The highest BCUT2D eigenvalue weighted by Crippen LogP contribution is 2.22. The fourth-order valence-electron chi connectivity index (χ4n) is 2.35. The van der Waals surface area contributed by atoms with Gasteiger partial charge in [-0.15, -0.1) is 0 Å². The second-order valence-electron chi connectivity index (χ2n) is 4.95. The maximum atomic E-state index is 10.8. The van der Waals surface area contributed by atoms with Crippen LogP contribution in [0, 0.1) is 10.1 Å². The topological polar surface area (TPSA) is 75.9 Å². The molecule has 0 N–H and O–H groups in total. The summed E-state index contributed by atoms with van der Waals surface area (Å²) >= 11 is 0. The molecular formula is C14H19N3O4. The molecule has 0 atom stereocenters. The Morgan fingerprint density at radius 2 is 2.05 bits per heavy atom. The van der Waals surface area contributed by atoms with Gasteiger partial charge >= 0.3 is 5.97 Å². The van der Waals surface area contributed by atoms with Crippen LogP contribution in [-0.2, 0) is 9.53 Å². The summed E-state index contributed by atoms with van der Waals surface area (Å²) in [7, 11) is 0. The van der Waals surface area contributed by atoms with E-state index in [1.165, 1.54) is 13.0 Å². The van der Waals surface area contributed by atoms with Crippen molar-refractivity contribution in [3.63, 3.8) is 0 Å². The van der Waals surface area contributed by atoms with Crippen molar-refractivity contribution < 1.29 is 14.5 Å². The third-order valence-corrected chi connectivity index (χ3v) is 3.49. The average Bonchev–Trinajstić information content (AvgIpc) is 2.48. The number of nitro benzene ring substituents is 1. The number of nitrogens with zero attached hydrogens (tertiary/aromatic N) is 3. The van der Waals surface area contributed by atoms with Crippen molar-refractivity contribution in [1.29, 1.82) is 0 Å². The number of non-ortho nitro benzene ring substituents is 1. The molecule has 2 rings (SSSR count). The Morgan fingerprint density at radius 3 is 2.67 bits per heavy atom. The monoisotopic (exact) mass is 293 g/mol. The smallest absolute Gasteiger partial charge is 0.302 e. The molecule has 1 saturated heterocycles. The largest absolute Gasteiger partial charge is 0.465 e. The first kappa shape index (κ1) is 15.2. The first-order valence-corrected chi connectivity index (χ1v) is 6.91. The Kier molecular flexibility index (Phi) is 5.10. The van der Waals surface area contributed by atoms with Crippen molar-refractivity contribution in [2.45, 2.75) is 6.92 Å². The molecule has 0 aromatic heterocycles. The Balaban J connectivity index is 1.84. The molecule has 0 spiro atoms. The van der Waals surface area contributed by atoms with Gasteiger partial charge in [0.1, 0.15) is 6.61 Å². The van der Waals surface area contributed by atoms with Crippen LogP contribution in [0.2, 0.25) is 0 Å². The van der Waals surface area contributed by atoms with Crippen LogP contribution < -0.4 is 4.90 Å². The van der Waals surface area contributed by atoms with Crippen molar-refractivity contribution in [3.8, 4) is 0 Å². The van der Waals surface area contributed by atoms with E-state index in [9.17, 15) is 14.9 Å². The molecule has 1 aliphatic heterocycles. The van der Waals surface area contributed by atoms with Crippen molar-refractivity contribution >= 4 is 17.3 Å². The van der Waals surface area contributed by atoms with Gasteiger partial charge in [0.2, 0.25) is 0 Å². The second kappa shape index (κ2) is 7.03. The first-order valence-electron chi connectivity index (χ1n) is 6.91. The number of hydrogen-bond donors (Lipinski definition) is 0. The lowest BCUT2D eigenvalue weighted by Crippen LogP contribution is -2.47. The zero-order valence-corrected chi connectivity index (χ0v) is 12.0. The van der Waals surface area contributed by atoms with E-state index >= 15 is 0 Å². The molecule has 0 radical (unpaired) electrons. The molecule has 7 heteroatoms. The molecule has 21 heavy (non-hydrogen) atoms. The molecule has 0 aliphatic carbocycles. The highest BCUT2D eigenvalue weighted by atomic mass is 16.6. The fraction of sp³-hybridized carbons (Fsp3) is 0.500. The lowest BCUT2D eigenvalue weighted by molar-refractivity contribution is -0.384. The van der Waals surface area contributed by atoms with Gasteiger partial charge in [0.25, 0.3) is 5.69 Å². The fourth-order valence-corrected chi connectivity index (χ4v) is 2.35. The van der Waals surface area contributed by atoms with E-state index in [-0.39, 0.29) is 16.6 Å². The number of nitro groups is 1. The summed E-state index contributed by atoms with van der Waals surface area (Å²) in [6.45, 7) is 5.85. The minimum Gasteiger partial charge on any atom is -0.465 e. The van der Waals surface area contributed by atoms with Crippen LogP contribution in [0.1, 0.15) is 6.92 Å². The molecule has 0 amide bonds. The first-order chi connectivity index (χ1) is 10.1. The van der Waals surface area contributed by atoms with Crippen molar-refractivity contribution in [2.24, 2.45) is 0 Å². The number of ether oxygens (including phenoxy) is 1. The van der Waals surface area contributed by atoms with Gasteiger partial charge in [-0.25, -0.2) is 0 Å². The van der Waals surface area contributed by atoms with Gasteiger partial charge in [-0.3, -0.25) is 19.8 Å². The van der Waals surface area contributed by atoms with E-state index in [1.807, 2.05) is 6.07 Å². The number of benzene rings is 1. The molecule has 1 aliphatic rings. The third-order valence-electron chi connectivity index (χ3n) is 3.49. The van der Waals surface area contributed by atoms with Gasteiger partial charge in [-0.05, 0) is 6.07 Å². The Bertz CT molecular complexity index is 513. The van der Waals surface area contributed by atoms with Crippen LogP contribution in [0.3, 0.4) is 0 Å². The van der Waals surface area contributed by atoms with E-state index in [4.69, 9.17) is 4.74 Å². The number of anilines is 1. The summed E-state index contributed by atoms with van der Waals surface area (Å²) in [4.78, 5) is 25.5. The van der Waals surface area contributed by atoms with Gasteiger partial charge in [0.05, 0.1) is 4.92 Å².